The number of rotatable bonds is 22. The number of benzene rings is 3. The summed E-state index contributed by atoms with van der Waals surface area (Å²) in [6, 6.07) is 25.7. The fraction of sp³-hybridized carbons (Fsp3) is 0.477. The number of ether oxygens (including phenoxy) is 2. The Morgan fingerprint density at radius 3 is 1.79 bits per heavy atom. The van der Waals surface area contributed by atoms with E-state index >= 15 is 0 Å². The highest BCUT2D eigenvalue weighted by molar-refractivity contribution is 5.81. The molecule has 0 unspecified atom stereocenters. The Bertz CT molecular complexity index is 1700. The number of carboxylic acids is 1. The van der Waals surface area contributed by atoms with Gasteiger partial charge in [-0.25, -0.2) is 9.59 Å². The maximum Gasteiger partial charge on any atom is 0.409 e. The average Bonchev–Trinajstić information content (AvgIpc) is 3.50. The van der Waals surface area contributed by atoms with Crippen LogP contribution in [0.5, 0.6) is 0 Å². The van der Waals surface area contributed by atoms with E-state index < -0.39 is 18.2 Å². The lowest BCUT2D eigenvalue weighted by Gasteiger charge is -2.29. The van der Waals surface area contributed by atoms with Gasteiger partial charge in [0, 0.05) is 64.6 Å². The number of nitrogens with zero attached hydrogens (tertiary/aromatic N) is 3. The van der Waals surface area contributed by atoms with Crippen molar-refractivity contribution >= 4 is 30.0 Å². The van der Waals surface area contributed by atoms with Gasteiger partial charge < -0.3 is 34.6 Å². The van der Waals surface area contributed by atoms with Gasteiger partial charge in [0.1, 0.15) is 13.2 Å². The summed E-state index contributed by atoms with van der Waals surface area (Å²) in [5, 5.41) is 12.0. The molecule has 0 bridgehead atoms. The molecule has 1 aliphatic rings. The molecule has 0 radical (unpaired) electrons. The van der Waals surface area contributed by atoms with Crippen molar-refractivity contribution < 1.29 is 38.6 Å². The minimum atomic E-state index is -1.01. The third kappa shape index (κ3) is 13.7. The molecule has 0 aromatic heterocycles. The van der Waals surface area contributed by atoms with Gasteiger partial charge >= 0.3 is 18.2 Å². The predicted octanol–water partition coefficient (Wildman–Crippen LogP) is 7.17. The second kappa shape index (κ2) is 22.2. The molecular weight excluding hydrogens is 713 g/mol. The highest BCUT2D eigenvalue weighted by Crippen LogP contribution is 2.44. The molecule has 0 saturated carbocycles. The van der Waals surface area contributed by atoms with Crippen LogP contribution in [-0.2, 0) is 30.5 Å². The lowest BCUT2D eigenvalue weighted by Crippen LogP contribution is -2.42. The lowest BCUT2D eigenvalue weighted by atomic mass is 9.98. The Labute approximate surface area is 331 Å². The molecule has 1 aliphatic carbocycles. The second-order valence-corrected chi connectivity index (χ2v) is 15.1. The number of fused-ring (bicyclic) bond motifs is 3. The quantitative estimate of drug-likeness (QED) is 0.102. The van der Waals surface area contributed by atoms with Gasteiger partial charge in [0.15, 0.2) is 0 Å². The molecule has 2 N–H and O–H groups in total. The Kier molecular flexibility index (Phi) is 17.2. The molecule has 12 heteroatoms. The smallest absolute Gasteiger partial charge is 0.409 e. The Morgan fingerprint density at radius 2 is 1.18 bits per heavy atom. The van der Waals surface area contributed by atoms with Crippen LogP contribution in [0.4, 0.5) is 9.59 Å². The number of hydrogen-bond acceptors (Lipinski definition) is 7. The molecule has 302 valence electrons. The first kappa shape index (κ1) is 43.3. The highest BCUT2D eigenvalue weighted by atomic mass is 16.6. The molecule has 12 nitrogen and oxygen atoms in total. The van der Waals surface area contributed by atoms with Crippen LogP contribution in [0, 0.1) is 11.8 Å². The number of carbonyl (C=O) groups is 5. The molecule has 0 heterocycles. The first-order valence-electron chi connectivity index (χ1n) is 19.7. The van der Waals surface area contributed by atoms with Crippen molar-refractivity contribution in [2.24, 2.45) is 11.8 Å². The van der Waals surface area contributed by atoms with Crippen molar-refractivity contribution in [3.63, 3.8) is 0 Å². The summed E-state index contributed by atoms with van der Waals surface area (Å²) >= 11 is 0. The Balaban J connectivity index is 1.27. The molecule has 0 aliphatic heterocycles. The number of amides is 4. The van der Waals surface area contributed by atoms with E-state index in [0.717, 1.165) is 27.8 Å². The monoisotopic (exact) mass is 770 g/mol. The van der Waals surface area contributed by atoms with Crippen LogP contribution in [0.15, 0.2) is 78.9 Å². The van der Waals surface area contributed by atoms with Gasteiger partial charge in [-0.15, -0.1) is 0 Å². The van der Waals surface area contributed by atoms with E-state index in [1.165, 1.54) is 4.90 Å². The number of hydrogen-bond donors (Lipinski definition) is 2. The van der Waals surface area contributed by atoms with Crippen LogP contribution >= 0.6 is 0 Å². The number of carbonyl (C=O) groups excluding carboxylic acids is 4. The topological polar surface area (TPSA) is 146 Å². The number of aliphatic carboxylic acids is 1. The van der Waals surface area contributed by atoms with E-state index in [2.05, 4.69) is 29.6 Å². The Morgan fingerprint density at radius 1 is 0.643 bits per heavy atom. The van der Waals surface area contributed by atoms with Crippen LogP contribution in [0.3, 0.4) is 0 Å². The van der Waals surface area contributed by atoms with Gasteiger partial charge in [0.2, 0.25) is 11.8 Å². The second-order valence-electron chi connectivity index (χ2n) is 15.1. The summed E-state index contributed by atoms with van der Waals surface area (Å²) in [5.41, 5.74) is 5.43. The molecule has 3 aromatic carbocycles. The summed E-state index contributed by atoms with van der Waals surface area (Å²) < 4.78 is 11.2. The SMILES string of the molecule is CC(C)CN(CCC(=O)N(CCCCNC(=O)OCc1ccccc1)CCC(=O)O)C(=O)CCN(CC(C)C)C(=O)OCC1c2ccccc2-c2ccccc21. The van der Waals surface area contributed by atoms with Crippen molar-refractivity contribution in [2.75, 3.05) is 52.4 Å². The maximum absolute atomic E-state index is 13.7. The number of alkyl carbamates (subject to hydrolysis) is 1. The van der Waals surface area contributed by atoms with E-state index in [9.17, 15) is 29.1 Å². The van der Waals surface area contributed by atoms with Gasteiger partial charge in [-0.1, -0.05) is 107 Å². The molecule has 3 aromatic rings. The van der Waals surface area contributed by atoms with Crippen molar-refractivity contribution in [1.82, 2.24) is 20.0 Å². The van der Waals surface area contributed by atoms with Gasteiger partial charge in [-0.2, -0.15) is 0 Å². The molecule has 56 heavy (non-hydrogen) atoms. The third-order valence-corrected chi connectivity index (χ3v) is 9.59. The minimum Gasteiger partial charge on any atom is -0.481 e. The fourth-order valence-corrected chi connectivity index (χ4v) is 6.90. The lowest BCUT2D eigenvalue weighted by molar-refractivity contribution is -0.138. The highest BCUT2D eigenvalue weighted by Gasteiger charge is 2.30. The van der Waals surface area contributed by atoms with E-state index in [1.807, 2.05) is 82.3 Å². The van der Waals surface area contributed by atoms with E-state index in [1.54, 1.807) is 9.80 Å². The third-order valence-electron chi connectivity index (χ3n) is 9.59. The van der Waals surface area contributed by atoms with Crippen molar-refractivity contribution in [3.8, 4) is 11.1 Å². The minimum absolute atomic E-state index is 0.0320. The zero-order valence-corrected chi connectivity index (χ0v) is 33.3. The first-order chi connectivity index (χ1) is 26.9. The molecular formula is C44H58N4O8. The Hall–Kier alpha value is -5.39. The van der Waals surface area contributed by atoms with E-state index in [0.29, 0.717) is 39.0 Å². The fourth-order valence-electron chi connectivity index (χ4n) is 6.90. The predicted molar refractivity (Wildman–Crippen MR) is 215 cm³/mol. The average molecular weight is 771 g/mol. The molecule has 0 fully saturated rings. The van der Waals surface area contributed by atoms with Crippen LogP contribution in [0.2, 0.25) is 0 Å². The summed E-state index contributed by atoms with van der Waals surface area (Å²) in [5.74, 6) is -1.22. The number of nitrogens with one attached hydrogen (secondary N) is 1. The normalized spacial score (nSPS) is 11.8. The molecule has 0 spiro atoms. The number of unbranched alkanes of at least 4 members (excludes halogenated alkanes) is 1. The van der Waals surface area contributed by atoms with E-state index in [-0.39, 0.29) is 81.7 Å². The summed E-state index contributed by atoms with van der Waals surface area (Å²) in [7, 11) is 0. The van der Waals surface area contributed by atoms with Gasteiger partial charge in [-0.05, 0) is 52.5 Å². The standard InChI is InChI=1S/C44H58N4O8/c1-32(2)28-47(25-20-40(49)46(27-22-42(51)52)24-13-12-23-45-43(53)55-30-34-14-6-5-7-15-34)41(50)21-26-48(29-33(3)4)44(54)56-31-39-37-18-10-8-16-35(37)36-17-9-11-19-38(36)39/h5-11,14-19,32-33,39H,12-13,20-31H2,1-4H3,(H,45,53)(H,51,52). The zero-order chi connectivity index (χ0) is 40.5. The van der Waals surface area contributed by atoms with Gasteiger partial charge in [-0.3, -0.25) is 14.4 Å². The molecule has 4 rings (SSSR count). The summed E-state index contributed by atoms with van der Waals surface area (Å²) in [4.78, 5) is 68.8. The summed E-state index contributed by atoms with van der Waals surface area (Å²) in [6.07, 6.45) is 0.00429. The summed E-state index contributed by atoms with van der Waals surface area (Å²) in [6.45, 7) is 10.3. The molecule has 0 saturated heterocycles. The zero-order valence-electron chi connectivity index (χ0n) is 33.3. The van der Waals surface area contributed by atoms with Crippen molar-refractivity contribution in [1.29, 1.82) is 0 Å². The molecule has 0 atom stereocenters. The van der Waals surface area contributed by atoms with E-state index in [4.69, 9.17) is 9.47 Å². The van der Waals surface area contributed by atoms with Crippen molar-refractivity contribution in [3.05, 3.63) is 95.6 Å². The van der Waals surface area contributed by atoms with Crippen molar-refractivity contribution in [2.45, 2.75) is 72.3 Å². The van der Waals surface area contributed by atoms with Crippen LogP contribution in [-0.4, -0.2) is 102 Å². The first-order valence-corrected chi connectivity index (χ1v) is 19.7. The van der Waals surface area contributed by atoms with Crippen LogP contribution in [0.25, 0.3) is 11.1 Å². The van der Waals surface area contributed by atoms with Gasteiger partial charge in [0.05, 0.1) is 6.42 Å². The largest absolute Gasteiger partial charge is 0.481 e. The van der Waals surface area contributed by atoms with Crippen LogP contribution < -0.4 is 5.32 Å². The maximum atomic E-state index is 13.7. The van der Waals surface area contributed by atoms with Crippen LogP contribution in [0.1, 0.15) is 82.4 Å². The molecule has 4 amide bonds. The van der Waals surface area contributed by atoms with Gasteiger partial charge in [0.25, 0.3) is 0 Å². The number of carboxylic acid groups (broad SMARTS) is 1.